The van der Waals surface area contributed by atoms with Gasteiger partial charge in [0.1, 0.15) is 12.6 Å². The van der Waals surface area contributed by atoms with Gasteiger partial charge in [0.15, 0.2) is 0 Å². The number of ether oxygens (including phenoxy) is 1. The number of hydrogen-bond acceptors (Lipinski definition) is 4. The Labute approximate surface area is 143 Å². The molecular formula is C13H14Br2N2O3S. The molecule has 0 aromatic heterocycles. The van der Waals surface area contributed by atoms with E-state index in [4.69, 9.17) is 9.84 Å². The van der Waals surface area contributed by atoms with Crippen LogP contribution in [0.15, 0.2) is 32.1 Å². The average molecular weight is 438 g/mol. The van der Waals surface area contributed by atoms with Crippen LogP contribution in [0.4, 0.5) is 4.79 Å². The van der Waals surface area contributed by atoms with E-state index in [1.165, 1.54) is 0 Å². The van der Waals surface area contributed by atoms with E-state index >= 15 is 0 Å². The van der Waals surface area contributed by atoms with Crippen molar-refractivity contribution in [2.45, 2.75) is 12.1 Å². The molecule has 8 heteroatoms. The molecule has 0 fully saturated rings. The Balaban J connectivity index is 2.30. The fourth-order valence-electron chi connectivity index (χ4n) is 2.02. The van der Waals surface area contributed by atoms with Crippen molar-refractivity contribution >= 4 is 55.6 Å². The molecule has 1 aromatic carbocycles. The maximum Gasteiger partial charge on any atom is 0.405 e. The summed E-state index contributed by atoms with van der Waals surface area (Å²) in [7, 11) is 0. The van der Waals surface area contributed by atoms with Crippen LogP contribution < -0.4 is 5.32 Å². The highest BCUT2D eigenvalue weighted by atomic mass is 79.9. The number of rotatable bonds is 5. The maximum atomic E-state index is 11.1. The quantitative estimate of drug-likeness (QED) is 0.736. The standard InChI is InChI=1S/C13H14Br2N2O3S/c1-21-6-10-5-20-12(16-10)11(17-13(18)19)7-2-8(14)4-9(15)3-7/h2-4,10-11,17H,5-6H2,1H3,(H,18,19). The minimum absolute atomic E-state index is 0.0729. The summed E-state index contributed by atoms with van der Waals surface area (Å²) < 4.78 is 7.30. The number of nitrogens with zero attached hydrogens (tertiary/aromatic N) is 1. The third-order valence-electron chi connectivity index (χ3n) is 2.83. The molecule has 5 nitrogen and oxygen atoms in total. The third kappa shape index (κ3) is 4.62. The highest BCUT2D eigenvalue weighted by Gasteiger charge is 2.28. The first-order chi connectivity index (χ1) is 9.99. The van der Waals surface area contributed by atoms with E-state index in [9.17, 15) is 4.79 Å². The third-order valence-corrected chi connectivity index (χ3v) is 4.46. The summed E-state index contributed by atoms with van der Waals surface area (Å²) in [6.45, 7) is 0.489. The van der Waals surface area contributed by atoms with Crippen LogP contribution in [0.25, 0.3) is 0 Å². The van der Waals surface area contributed by atoms with Crippen LogP contribution in [-0.2, 0) is 4.74 Å². The molecule has 2 rings (SSSR count). The fraction of sp³-hybridized carbons (Fsp3) is 0.385. The summed E-state index contributed by atoms with van der Waals surface area (Å²) in [5, 5.41) is 11.5. The van der Waals surface area contributed by atoms with Crippen molar-refractivity contribution in [3.05, 3.63) is 32.7 Å². The van der Waals surface area contributed by atoms with Gasteiger partial charge >= 0.3 is 6.09 Å². The molecule has 1 amide bonds. The lowest BCUT2D eigenvalue weighted by Gasteiger charge is -2.17. The molecule has 1 heterocycles. The molecule has 2 unspecified atom stereocenters. The van der Waals surface area contributed by atoms with Crippen molar-refractivity contribution in [2.24, 2.45) is 4.99 Å². The molecule has 2 N–H and O–H groups in total. The van der Waals surface area contributed by atoms with Crippen molar-refractivity contribution in [3.63, 3.8) is 0 Å². The molecule has 1 aliphatic heterocycles. The Hall–Kier alpha value is -0.730. The van der Waals surface area contributed by atoms with Crippen molar-refractivity contribution in [3.8, 4) is 0 Å². The Morgan fingerprint density at radius 2 is 2.19 bits per heavy atom. The summed E-state index contributed by atoms with van der Waals surface area (Å²) in [5.74, 6) is 1.27. The van der Waals surface area contributed by atoms with Gasteiger partial charge in [0.2, 0.25) is 5.90 Å². The van der Waals surface area contributed by atoms with E-state index in [1.807, 2.05) is 24.5 Å². The van der Waals surface area contributed by atoms with E-state index in [-0.39, 0.29) is 6.04 Å². The highest BCUT2D eigenvalue weighted by molar-refractivity contribution is 9.11. The topological polar surface area (TPSA) is 70.9 Å². The average Bonchev–Trinajstić information content (AvgIpc) is 2.83. The van der Waals surface area contributed by atoms with Crippen molar-refractivity contribution in [1.82, 2.24) is 5.32 Å². The Morgan fingerprint density at radius 1 is 1.52 bits per heavy atom. The monoisotopic (exact) mass is 436 g/mol. The van der Waals surface area contributed by atoms with Crippen LogP contribution in [0.2, 0.25) is 0 Å². The molecular weight excluding hydrogens is 424 g/mol. The zero-order valence-electron chi connectivity index (χ0n) is 11.2. The van der Waals surface area contributed by atoms with Gasteiger partial charge in [-0.1, -0.05) is 31.9 Å². The predicted molar refractivity (Wildman–Crippen MR) is 91.3 cm³/mol. The maximum absolute atomic E-state index is 11.1. The van der Waals surface area contributed by atoms with Gasteiger partial charge in [-0.3, -0.25) is 0 Å². The number of thioether (sulfide) groups is 1. The minimum atomic E-state index is -1.12. The zero-order valence-corrected chi connectivity index (χ0v) is 15.2. The molecule has 0 radical (unpaired) electrons. The van der Waals surface area contributed by atoms with E-state index in [1.54, 1.807) is 11.8 Å². The lowest BCUT2D eigenvalue weighted by molar-refractivity contribution is 0.191. The van der Waals surface area contributed by atoms with Crippen molar-refractivity contribution in [1.29, 1.82) is 0 Å². The first-order valence-corrected chi connectivity index (χ1v) is 9.12. The zero-order chi connectivity index (χ0) is 15.4. The first-order valence-electron chi connectivity index (χ1n) is 6.14. The SMILES string of the molecule is CSCC1COC(C(NC(=O)O)c2cc(Br)cc(Br)c2)=N1. The molecule has 0 spiro atoms. The summed E-state index contributed by atoms with van der Waals surface area (Å²) in [4.78, 5) is 15.6. The highest BCUT2D eigenvalue weighted by Crippen LogP contribution is 2.27. The van der Waals surface area contributed by atoms with Crippen molar-refractivity contribution < 1.29 is 14.6 Å². The molecule has 1 aromatic rings. The van der Waals surface area contributed by atoms with Gasteiger partial charge in [-0.25, -0.2) is 9.79 Å². The second kappa shape index (κ2) is 7.51. The Morgan fingerprint density at radius 3 is 2.76 bits per heavy atom. The number of amides is 1. The van der Waals surface area contributed by atoms with Gasteiger partial charge in [-0.15, -0.1) is 0 Å². The van der Waals surface area contributed by atoms with Crippen LogP contribution in [0.1, 0.15) is 11.6 Å². The van der Waals surface area contributed by atoms with Crippen LogP contribution in [0.5, 0.6) is 0 Å². The van der Waals surface area contributed by atoms with Gasteiger partial charge in [0.05, 0.1) is 6.04 Å². The largest absolute Gasteiger partial charge is 0.477 e. The number of carbonyl (C=O) groups is 1. The number of benzene rings is 1. The van der Waals surface area contributed by atoms with Crippen LogP contribution in [0.3, 0.4) is 0 Å². The van der Waals surface area contributed by atoms with Gasteiger partial charge < -0.3 is 15.2 Å². The molecule has 0 aliphatic carbocycles. The van der Waals surface area contributed by atoms with Crippen LogP contribution in [0, 0.1) is 0 Å². The number of halogens is 2. The summed E-state index contributed by atoms with van der Waals surface area (Å²) >= 11 is 8.50. The van der Waals surface area contributed by atoms with Gasteiger partial charge in [0.25, 0.3) is 0 Å². The number of carboxylic acid groups (broad SMARTS) is 1. The van der Waals surface area contributed by atoms with Gasteiger partial charge in [-0.2, -0.15) is 11.8 Å². The smallest absolute Gasteiger partial charge is 0.405 e. The summed E-state index contributed by atoms with van der Waals surface area (Å²) in [6.07, 6.45) is 0.891. The van der Waals surface area contributed by atoms with Crippen molar-refractivity contribution in [2.75, 3.05) is 18.6 Å². The van der Waals surface area contributed by atoms with Crippen LogP contribution in [-0.4, -0.2) is 41.8 Å². The molecule has 114 valence electrons. The Kier molecular flexibility index (Phi) is 5.95. The fourth-order valence-corrected chi connectivity index (χ4v) is 3.91. The summed E-state index contributed by atoms with van der Waals surface area (Å²) in [5.41, 5.74) is 0.766. The van der Waals surface area contributed by atoms with E-state index < -0.39 is 12.1 Å². The van der Waals surface area contributed by atoms with E-state index in [0.717, 1.165) is 20.3 Å². The minimum Gasteiger partial charge on any atom is -0.477 e. The predicted octanol–water partition coefficient (Wildman–Crippen LogP) is 3.68. The number of hydrogen-bond donors (Lipinski definition) is 2. The summed E-state index contributed by atoms with van der Waals surface area (Å²) in [6, 6.07) is 5.04. The van der Waals surface area contributed by atoms with Gasteiger partial charge in [0, 0.05) is 14.7 Å². The molecule has 21 heavy (non-hydrogen) atoms. The second-order valence-electron chi connectivity index (χ2n) is 4.47. The molecule has 1 aliphatic rings. The van der Waals surface area contributed by atoms with E-state index in [0.29, 0.717) is 12.5 Å². The number of aliphatic imine (C=N–C) groups is 1. The van der Waals surface area contributed by atoms with Gasteiger partial charge in [-0.05, 0) is 30.0 Å². The first kappa shape index (κ1) is 16.6. The molecule has 0 saturated heterocycles. The van der Waals surface area contributed by atoms with E-state index in [2.05, 4.69) is 42.2 Å². The molecule has 0 bridgehead atoms. The lowest BCUT2D eigenvalue weighted by Crippen LogP contribution is -2.33. The number of nitrogens with one attached hydrogen (secondary N) is 1. The van der Waals surface area contributed by atoms with Crippen LogP contribution >= 0.6 is 43.6 Å². The lowest BCUT2D eigenvalue weighted by atomic mass is 10.1. The normalized spacial score (nSPS) is 18.8. The second-order valence-corrected chi connectivity index (χ2v) is 7.21. The molecule has 2 atom stereocenters. The molecule has 0 saturated carbocycles. The Bertz CT molecular complexity index is 548.